The Morgan fingerprint density at radius 2 is 2.25 bits per heavy atom. The van der Waals surface area contributed by atoms with E-state index in [1.807, 2.05) is 50.6 Å². The van der Waals surface area contributed by atoms with Gasteiger partial charge in [0.2, 0.25) is 5.89 Å². The van der Waals surface area contributed by atoms with Crippen LogP contribution < -0.4 is 5.32 Å². The minimum Gasteiger partial charge on any atom is -0.441 e. The lowest BCUT2D eigenvalue weighted by molar-refractivity contribution is 0.541. The summed E-state index contributed by atoms with van der Waals surface area (Å²) in [6.45, 7) is 3.80. The van der Waals surface area contributed by atoms with Crippen LogP contribution in [0.25, 0.3) is 11.5 Å². The van der Waals surface area contributed by atoms with Gasteiger partial charge in [-0.15, -0.1) is 0 Å². The van der Waals surface area contributed by atoms with E-state index >= 15 is 0 Å². The van der Waals surface area contributed by atoms with E-state index < -0.39 is 0 Å². The van der Waals surface area contributed by atoms with Gasteiger partial charge in [0.15, 0.2) is 11.4 Å². The molecule has 0 radical (unpaired) electrons. The molecular formula is C14H14N4OS. The third-order valence-electron chi connectivity index (χ3n) is 2.71. The van der Waals surface area contributed by atoms with Gasteiger partial charge in [0, 0.05) is 5.56 Å². The van der Waals surface area contributed by atoms with Crippen LogP contribution in [0.2, 0.25) is 0 Å². The monoisotopic (exact) mass is 286 g/mol. The van der Waals surface area contributed by atoms with Crippen molar-refractivity contribution in [3.8, 4) is 17.6 Å². The van der Waals surface area contributed by atoms with E-state index in [-0.39, 0.29) is 0 Å². The molecule has 0 amide bonds. The largest absolute Gasteiger partial charge is 0.441 e. The van der Waals surface area contributed by atoms with Gasteiger partial charge in [-0.2, -0.15) is 5.26 Å². The van der Waals surface area contributed by atoms with Gasteiger partial charge in [0.1, 0.15) is 5.76 Å². The third kappa shape index (κ3) is 3.19. The van der Waals surface area contributed by atoms with Crippen molar-refractivity contribution in [1.29, 1.82) is 5.26 Å². The Hall–Kier alpha value is -2.26. The van der Waals surface area contributed by atoms with E-state index in [0.29, 0.717) is 11.1 Å². The molecule has 0 saturated heterocycles. The number of nitrogens with one attached hydrogen (secondary N) is 1. The predicted octanol–water partition coefficient (Wildman–Crippen LogP) is 3.38. The molecule has 0 aliphatic carbocycles. The molecule has 0 saturated carbocycles. The predicted molar refractivity (Wildman–Crippen MR) is 80.8 cm³/mol. The number of aryl methyl sites for hydroxylation is 2. The van der Waals surface area contributed by atoms with Crippen molar-refractivity contribution in [2.75, 3.05) is 6.26 Å². The first kappa shape index (κ1) is 14.2. The van der Waals surface area contributed by atoms with Gasteiger partial charge in [-0.05, 0) is 38.3 Å². The maximum atomic E-state index is 8.63. The summed E-state index contributed by atoms with van der Waals surface area (Å²) in [5, 5.41) is 11.7. The molecule has 2 rings (SSSR count). The number of aliphatic imine (C=N–C) groups is 1. The Balaban J connectivity index is 2.35. The second kappa shape index (κ2) is 6.26. The standard InChI is InChI=1S/C14H14N4OS/c1-9-10(2)19-13(17-9)11-5-4-6-12(7-11)18-14(20-3)16-8-15/h4-7H,1-3H3,(H,16,18). The van der Waals surface area contributed by atoms with Crippen LogP contribution in [0.15, 0.2) is 33.7 Å². The fourth-order valence-corrected chi connectivity index (χ4v) is 1.94. The summed E-state index contributed by atoms with van der Waals surface area (Å²) in [6.07, 6.45) is 3.72. The minimum atomic E-state index is 0.546. The van der Waals surface area contributed by atoms with E-state index in [1.165, 1.54) is 11.8 Å². The lowest BCUT2D eigenvalue weighted by Crippen LogP contribution is -2.12. The number of thioether (sulfide) groups is 1. The Labute approximate surface area is 121 Å². The Bertz CT molecular complexity index is 665. The van der Waals surface area contributed by atoms with Crippen LogP contribution in [-0.4, -0.2) is 16.4 Å². The SMILES string of the molecule is CSC(=Nc1cccc(-c2nc(C)c(C)o2)c1)NC#N. The highest BCUT2D eigenvalue weighted by Gasteiger charge is 2.08. The molecule has 6 heteroatoms. The molecule has 0 fully saturated rings. The average molecular weight is 286 g/mol. The van der Waals surface area contributed by atoms with E-state index in [2.05, 4.69) is 15.3 Å². The molecule has 20 heavy (non-hydrogen) atoms. The summed E-state index contributed by atoms with van der Waals surface area (Å²) in [5.74, 6) is 1.39. The zero-order chi connectivity index (χ0) is 14.5. The number of amidine groups is 1. The summed E-state index contributed by atoms with van der Waals surface area (Å²) < 4.78 is 5.60. The number of hydrogen-bond acceptors (Lipinski definition) is 5. The van der Waals surface area contributed by atoms with Crippen LogP contribution >= 0.6 is 11.8 Å². The first-order valence-corrected chi connectivity index (χ1v) is 7.18. The Kier molecular flexibility index (Phi) is 4.43. The molecular weight excluding hydrogens is 272 g/mol. The molecule has 0 aliphatic heterocycles. The van der Waals surface area contributed by atoms with Crippen molar-refractivity contribution in [3.05, 3.63) is 35.7 Å². The number of nitriles is 1. The number of nitrogens with zero attached hydrogens (tertiary/aromatic N) is 3. The smallest absolute Gasteiger partial charge is 0.226 e. The van der Waals surface area contributed by atoms with Gasteiger partial charge >= 0.3 is 0 Å². The van der Waals surface area contributed by atoms with Gasteiger partial charge in [0.05, 0.1) is 11.4 Å². The van der Waals surface area contributed by atoms with Gasteiger partial charge in [-0.1, -0.05) is 17.8 Å². The molecule has 0 spiro atoms. The van der Waals surface area contributed by atoms with Crippen LogP contribution in [-0.2, 0) is 0 Å². The summed E-state index contributed by atoms with van der Waals surface area (Å²) in [5.41, 5.74) is 2.48. The van der Waals surface area contributed by atoms with E-state index in [1.54, 1.807) is 0 Å². The fourth-order valence-electron chi connectivity index (χ4n) is 1.59. The first-order valence-electron chi connectivity index (χ1n) is 5.96. The quantitative estimate of drug-likeness (QED) is 0.396. The topological polar surface area (TPSA) is 74.2 Å². The van der Waals surface area contributed by atoms with Gasteiger partial charge in [-0.3, -0.25) is 5.32 Å². The van der Waals surface area contributed by atoms with Gasteiger partial charge in [0.25, 0.3) is 0 Å². The molecule has 1 heterocycles. The van der Waals surface area contributed by atoms with Gasteiger partial charge < -0.3 is 4.42 Å². The maximum absolute atomic E-state index is 8.63. The first-order chi connectivity index (χ1) is 9.63. The lowest BCUT2D eigenvalue weighted by Gasteiger charge is -2.01. The summed E-state index contributed by atoms with van der Waals surface area (Å²) >= 11 is 1.37. The summed E-state index contributed by atoms with van der Waals surface area (Å²) in [4.78, 5) is 8.73. The van der Waals surface area contributed by atoms with Crippen LogP contribution in [0.4, 0.5) is 5.69 Å². The second-order valence-electron chi connectivity index (χ2n) is 4.07. The molecule has 2 aromatic rings. The fraction of sp³-hybridized carbons (Fsp3) is 0.214. The molecule has 1 aromatic carbocycles. The van der Waals surface area contributed by atoms with Crippen molar-refractivity contribution in [3.63, 3.8) is 0 Å². The number of benzene rings is 1. The van der Waals surface area contributed by atoms with E-state index in [0.717, 1.165) is 22.7 Å². The van der Waals surface area contributed by atoms with Crippen LogP contribution in [0.5, 0.6) is 0 Å². The molecule has 1 aromatic heterocycles. The minimum absolute atomic E-state index is 0.546. The van der Waals surface area contributed by atoms with E-state index in [4.69, 9.17) is 9.68 Å². The number of oxazole rings is 1. The normalized spacial score (nSPS) is 11.2. The summed E-state index contributed by atoms with van der Waals surface area (Å²) in [6, 6.07) is 7.54. The Morgan fingerprint density at radius 1 is 1.45 bits per heavy atom. The highest BCUT2D eigenvalue weighted by Crippen LogP contribution is 2.25. The highest BCUT2D eigenvalue weighted by atomic mass is 32.2. The van der Waals surface area contributed by atoms with Crippen molar-refractivity contribution in [2.45, 2.75) is 13.8 Å². The molecule has 102 valence electrons. The van der Waals surface area contributed by atoms with Crippen molar-refractivity contribution < 1.29 is 4.42 Å². The zero-order valence-electron chi connectivity index (χ0n) is 11.5. The molecule has 0 unspecified atom stereocenters. The molecule has 1 N–H and O–H groups in total. The lowest BCUT2D eigenvalue weighted by atomic mass is 10.2. The molecule has 5 nitrogen and oxygen atoms in total. The van der Waals surface area contributed by atoms with Crippen molar-refractivity contribution >= 4 is 22.6 Å². The highest BCUT2D eigenvalue weighted by molar-refractivity contribution is 8.13. The van der Waals surface area contributed by atoms with E-state index in [9.17, 15) is 0 Å². The van der Waals surface area contributed by atoms with Crippen LogP contribution in [0.1, 0.15) is 11.5 Å². The zero-order valence-corrected chi connectivity index (χ0v) is 12.3. The maximum Gasteiger partial charge on any atom is 0.226 e. The summed E-state index contributed by atoms with van der Waals surface area (Å²) in [7, 11) is 0. The molecule has 0 atom stereocenters. The van der Waals surface area contributed by atoms with Crippen molar-refractivity contribution in [1.82, 2.24) is 10.3 Å². The number of hydrogen-bond donors (Lipinski definition) is 1. The van der Waals surface area contributed by atoms with Crippen molar-refractivity contribution in [2.24, 2.45) is 4.99 Å². The molecule has 0 aliphatic rings. The third-order valence-corrected chi connectivity index (χ3v) is 3.29. The van der Waals surface area contributed by atoms with Gasteiger partial charge in [-0.25, -0.2) is 9.98 Å². The molecule has 0 bridgehead atoms. The average Bonchev–Trinajstić information content (AvgIpc) is 2.78. The second-order valence-corrected chi connectivity index (χ2v) is 4.86. The van der Waals surface area contributed by atoms with Crippen LogP contribution in [0.3, 0.4) is 0 Å². The number of rotatable bonds is 2. The van der Waals surface area contributed by atoms with Crippen LogP contribution in [0, 0.1) is 25.3 Å². The number of aromatic nitrogens is 1. The Morgan fingerprint density at radius 3 is 2.85 bits per heavy atom.